The zero-order valence-electron chi connectivity index (χ0n) is 17.3. The van der Waals surface area contributed by atoms with E-state index in [1.165, 1.54) is 0 Å². The van der Waals surface area contributed by atoms with E-state index in [1.54, 1.807) is 0 Å². The minimum absolute atomic E-state index is 1.03. The first-order chi connectivity index (χ1) is 15.3. The molecule has 0 amide bonds. The summed E-state index contributed by atoms with van der Waals surface area (Å²) < 4.78 is 234. The van der Waals surface area contributed by atoms with E-state index in [2.05, 4.69) is 36.3 Å². The van der Waals surface area contributed by atoms with Crippen LogP contribution >= 0.6 is 0 Å². The van der Waals surface area contributed by atoms with Crippen molar-refractivity contribution in [2.24, 2.45) is 0 Å². The van der Waals surface area contributed by atoms with Crippen molar-refractivity contribution < 1.29 is 104 Å². The molecule has 1 aliphatic rings. The number of hydrogen-bond acceptors (Lipinski definition) is 2. The van der Waals surface area contributed by atoms with Crippen LogP contribution in [0.4, 0.5) is 104 Å². The zero-order chi connectivity index (χ0) is 32.3. The van der Waals surface area contributed by atoms with E-state index >= 15 is 0 Å². The Balaban J connectivity index is -0.0000000762. The highest BCUT2D eigenvalue weighted by atomic mass is 19.5. The first kappa shape index (κ1) is 48.2. The summed E-state index contributed by atoms with van der Waals surface area (Å²) >= 11 is 0. The maximum atomic E-state index is 9.75. The smallest absolute Gasteiger partial charge is 0.418 e. The van der Waals surface area contributed by atoms with Gasteiger partial charge in [-0.05, 0) is 0 Å². The molecule has 0 aromatic carbocycles. The van der Waals surface area contributed by atoms with Gasteiger partial charge < -0.3 is 113 Å². The molecule has 0 N–H and O–H groups in total. The molecule has 0 spiro atoms. The third-order valence-electron chi connectivity index (χ3n) is 1.02. The van der Waals surface area contributed by atoms with E-state index in [0.717, 1.165) is 6.67 Å². The molecular formula is C5H10B6F24N2-6. The molecule has 32 heteroatoms. The van der Waals surface area contributed by atoms with Crippen LogP contribution in [0.25, 0.3) is 0 Å². The van der Waals surface area contributed by atoms with E-state index in [4.69, 9.17) is 0 Å². The molecule has 0 bridgehead atoms. The van der Waals surface area contributed by atoms with Crippen LogP contribution in [0.3, 0.4) is 0 Å². The molecule has 0 saturated carbocycles. The van der Waals surface area contributed by atoms with Gasteiger partial charge in [0.05, 0.1) is 6.67 Å². The molecule has 0 saturated heterocycles. The summed E-state index contributed by atoms with van der Waals surface area (Å²) in [6.45, 7) is 1.03. The van der Waals surface area contributed by atoms with Gasteiger partial charge in [-0.25, -0.2) is 0 Å². The highest BCUT2D eigenvalue weighted by Crippen LogP contribution is 2.09. The van der Waals surface area contributed by atoms with Crippen molar-refractivity contribution in [3.8, 4) is 0 Å². The third kappa shape index (κ3) is 704. The van der Waals surface area contributed by atoms with Gasteiger partial charge in [0.2, 0.25) is 0 Å². The average molecular weight is 619 g/mol. The normalized spacial score (nSPS) is 13.4. The summed E-state index contributed by atoms with van der Waals surface area (Å²) in [5.41, 5.74) is 0. The fourth-order valence-corrected chi connectivity index (χ4v) is 0.674. The molecule has 0 unspecified atom stereocenters. The monoisotopic (exact) mass is 620 g/mol. The van der Waals surface area contributed by atoms with Gasteiger partial charge in [-0.3, -0.25) is 0 Å². The van der Waals surface area contributed by atoms with Crippen molar-refractivity contribution in [2.45, 2.75) is 0 Å². The summed E-state index contributed by atoms with van der Waals surface area (Å²) in [5, 5.41) is 0. The molecule has 1 heterocycles. The van der Waals surface area contributed by atoms with Crippen LogP contribution < -0.4 is 0 Å². The quantitative estimate of drug-likeness (QED) is 0.200. The Morgan fingerprint density at radius 2 is 0.405 bits per heavy atom. The van der Waals surface area contributed by atoms with Crippen LogP contribution in [0.5, 0.6) is 0 Å². The Hall–Kier alpha value is -1.95. The molecule has 2 nitrogen and oxygen atoms in total. The molecular weight excluding hydrogens is 609 g/mol. The number of nitrogens with zero attached hydrogens (tertiary/aromatic N) is 2. The summed E-state index contributed by atoms with van der Waals surface area (Å²) in [7, 11) is -31.9. The molecule has 0 aromatic rings. The SMILES string of the molecule is CN1C=CN(C)C1.F[B-](F)(F)F.F[B-](F)(F)F.F[B-](F)(F)F.F[B-](F)(F)F.F[B-](F)(F)F.F[B-](F)(F)F. The summed E-state index contributed by atoms with van der Waals surface area (Å²) in [5.74, 6) is 0. The molecule has 0 aromatic heterocycles. The topological polar surface area (TPSA) is 6.48 Å². The van der Waals surface area contributed by atoms with Crippen LogP contribution in [0.1, 0.15) is 0 Å². The highest BCUT2D eigenvalue weighted by Gasteiger charge is 2.22. The second-order valence-corrected chi connectivity index (χ2v) is 4.92. The number of halogens is 24. The molecule has 0 aliphatic carbocycles. The standard InChI is InChI=1S/C5H10N2.6BF4/c1-6-3-4-7(2)5-6;6*2-1(3,4)5/h3-4H,5H2,1-2H3;;;;;;/q;6*-1. The fraction of sp³-hybridized carbons (Fsp3) is 0.600. The number of hydrogen-bond donors (Lipinski definition) is 0. The lowest BCUT2D eigenvalue weighted by Crippen LogP contribution is -2.17. The second kappa shape index (κ2) is 20.1. The Labute approximate surface area is 191 Å². The predicted octanol–water partition coefficient (Wildman–Crippen LogP) is 8.09. The summed E-state index contributed by atoms with van der Waals surface area (Å²) in [4.78, 5) is 4.25. The first-order valence-corrected chi connectivity index (χ1v) is 7.61. The van der Waals surface area contributed by atoms with Gasteiger partial charge in [0.15, 0.2) is 0 Å². The lowest BCUT2D eigenvalue weighted by Gasteiger charge is -2.10. The van der Waals surface area contributed by atoms with Gasteiger partial charge in [0.25, 0.3) is 0 Å². The molecule has 0 atom stereocenters. The Kier molecular flexibility index (Phi) is 26.1. The van der Waals surface area contributed by atoms with Gasteiger partial charge in [-0.1, -0.05) is 0 Å². The van der Waals surface area contributed by atoms with Gasteiger partial charge in [-0.15, -0.1) is 0 Å². The molecule has 37 heavy (non-hydrogen) atoms. The van der Waals surface area contributed by atoms with E-state index in [1.807, 2.05) is 0 Å². The fourth-order valence-electron chi connectivity index (χ4n) is 0.674. The Morgan fingerprint density at radius 1 is 0.324 bits per heavy atom. The van der Waals surface area contributed by atoms with Crippen LogP contribution in [-0.2, 0) is 0 Å². The maximum absolute atomic E-state index is 9.75. The van der Waals surface area contributed by atoms with Crippen molar-refractivity contribution in [3.63, 3.8) is 0 Å². The van der Waals surface area contributed by atoms with Gasteiger partial charge in [-0.2, -0.15) is 0 Å². The first-order valence-electron chi connectivity index (χ1n) is 7.61. The Bertz CT molecular complexity index is 390. The van der Waals surface area contributed by atoms with E-state index in [0.29, 0.717) is 0 Å². The van der Waals surface area contributed by atoms with Crippen LogP contribution in [-0.4, -0.2) is 74.1 Å². The van der Waals surface area contributed by atoms with Crippen molar-refractivity contribution in [2.75, 3.05) is 20.8 Å². The Morgan fingerprint density at radius 3 is 0.432 bits per heavy atom. The zero-order valence-corrected chi connectivity index (χ0v) is 17.3. The molecule has 0 radical (unpaired) electrons. The maximum Gasteiger partial charge on any atom is 0.673 e. The minimum Gasteiger partial charge on any atom is -0.418 e. The van der Waals surface area contributed by atoms with Gasteiger partial charge in [0.1, 0.15) is 0 Å². The minimum atomic E-state index is -6.00. The average Bonchev–Trinajstić information content (AvgIpc) is 2.69. The van der Waals surface area contributed by atoms with Gasteiger partial charge >= 0.3 is 43.5 Å². The lowest BCUT2D eigenvalue weighted by molar-refractivity contribution is 0.340. The predicted molar refractivity (Wildman–Crippen MR) is 90.6 cm³/mol. The van der Waals surface area contributed by atoms with Crippen LogP contribution in [0.15, 0.2) is 12.4 Å². The molecule has 1 rings (SSSR count). The van der Waals surface area contributed by atoms with Gasteiger partial charge in [0, 0.05) is 26.5 Å². The molecule has 232 valence electrons. The highest BCUT2D eigenvalue weighted by molar-refractivity contribution is 6.51. The van der Waals surface area contributed by atoms with Crippen molar-refractivity contribution >= 4 is 43.5 Å². The van der Waals surface area contributed by atoms with E-state index in [9.17, 15) is 104 Å². The summed E-state index contributed by atoms with van der Waals surface area (Å²) in [6.07, 6.45) is 4.11. The van der Waals surface area contributed by atoms with E-state index < -0.39 is 43.5 Å². The van der Waals surface area contributed by atoms with Crippen molar-refractivity contribution in [3.05, 3.63) is 12.4 Å². The van der Waals surface area contributed by atoms with E-state index in [-0.39, 0.29) is 0 Å². The van der Waals surface area contributed by atoms with Crippen LogP contribution in [0.2, 0.25) is 0 Å². The molecule has 1 aliphatic heterocycles. The lowest BCUT2D eigenvalue weighted by atomic mass is 10.3. The third-order valence-corrected chi connectivity index (χ3v) is 1.02. The van der Waals surface area contributed by atoms with Crippen LogP contribution in [0, 0.1) is 0 Å². The van der Waals surface area contributed by atoms with Crippen molar-refractivity contribution in [1.82, 2.24) is 9.80 Å². The van der Waals surface area contributed by atoms with Crippen molar-refractivity contribution in [1.29, 1.82) is 0 Å². The molecule has 0 fully saturated rings. The second-order valence-electron chi connectivity index (χ2n) is 4.92. The largest absolute Gasteiger partial charge is 0.673 e. The number of rotatable bonds is 0. The summed E-state index contributed by atoms with van der Waals surface area (Å²) in [6, 6.07) is 0.